The van der Waals surface area contributed by atoms with Gasteiger partial charge in [0.15, 0.2) is 0 Å². The predicted molar refractivity (Wildman–Crippen MR) is 124 cm³/mol. The van der Waals surface area contributed by atoms with Crippen LogP contribution in [0.5, 0.6) is 5.88 Å². The van der Waals surface area contributed by atoms with Crippen molar-refractivity contribution in [2.75, 3.05) is 7.11 Å². The van der Waals surface area contributed by atoms with Gasteiger partial charge in [-0.3, -0.25) is 9.67 Å². The SMILES string of the molecule is COc1cc2ccc(-c3nc(C)ccc3-c3cnn(CC45CCC(CC4)C5)c3)cc2nn1. The number of hydrogen-bond donors (Lipinski definition) is 0. The molecular weight excluding hydrogens is 398 g/mol. The quantitative estimate of drug-likeness (QED) is 0.425. The van der Waals surface area contributed by atoms with Crippen LogP contribution in [-0.4, -0.2) is 32.1 Å². The smallest absolute Gasteiger partial charge is 0.233 e. The number of methoxy groups -OCH3 is 1. The summed E-state index contributed by atoms with van der Waals surface area (Å²) in [6.45, 7) is 3.06. The molecule has 32 heavy (non-hydrogen) atoms. The van der Waals surface area contributed by atoms with Gasteiger partial charge in [0.25, 0.3) is 0 Å². The van der Waals surface area contributed by atoms with Crippen LogP contribution >= 0.6 is 0 Å². The second-order valence-electron chi connectivity index (χ2n) is 9.58. The van der Waals surface area contributed by atoms with E-state index in [2.05, 4.69) is 45.3 Å². The first kappa shape index (κ1) is 19.4. The minimum Gasteiger partial charge on any atom is -0.480 e. The predicted octanol–water partition coefficient (Wildman–Crippen LogP) is 5.45. The molecule has 0 atom stereocenters. The van der Waals surface area contributed by atoms with Gasteiger partial charge >= 0.3 is 0 Å². The zero-order valence-corrected chi connectivity index (χ0v) is 18.6. The van der Waals surface area contributed by atoms with Gasteiger partial charge in [0, 0.05) is 46.6 Å². The van der Waals surface area contributed by atoms with Crippen molar-refractivity contribution in [3.8, 4) is 28.3 Å². The van der Waals surface area contributed by atoms with E-state index in [0.29, 0.717) is 11.3 Å². The summed E-state index contributed by atoms with van der Waals surface area (Å²) in [5.74, 6) is 1.47. The maximum Gasteiger partial charge on any atom is 0.233 e. The molecule has 0 unspecified atom stereocenters. The van der Waals surface area contributed by atoms with Gasteiger partial charge in [-0.05, 0) is 62.5 Å². The van der Waals surface area contributed by atoms with E-state index in [9.17, 15) is 0 Å². The van der Waals surface area contributed by atoms with Crippen molar-refractivity contribution >= 4 is 10.9 Å². The molecule has 6 heteroatoms. The number of hydrogen-bond acceptors (Lipinski definition) is 5. The van der Waals surface area contributed by atoms with Gasteiger partial charge in [-0.1, -0.05) is 18.2 Å². The molecule has 2 aliphatic rings. The Morgan fingerprint density at radius 1 is 1.06 bits per heavy atom. The molecule has 0 saturated heterocycles. The van der Waals surface area contributed by atoms with E-state index in [1.54, 1.807) is 7.11 Å². The molecule has 0 spiro atoms. The molecular formula is C26H27N5O. The highest BCUT2D eigenvalue weighted by molar-refractivity contribution is 5.88. The van der Waals surface area contributed by atoms with Gasteiger partial charge < -0.3 is 4.74 Å². The third-order valence-corrected chi connectivity index (χ3v) is 7.41. The molecule has 3 aromatic heterocycles. The Morgan fingerprint density at radius 2 is 1.94 bits per heavy atom. The first-order valence-corrected chi connectivity index (χ1v) is 11.4. The minimum absolute atomic E-state index is 0.473. The molecule has 0 N–H and O–H groups in total. The first-order valence-electron chi connectivity index (χ1n) is 11.4. The van der Waals surface area contributed by atoms with Crippen LogP contribution in [-0.2, 0) is 6.54 Å². The fourth-order valence-corrected chi connectivity index (χ4v) is 5.74. The van der Waals surface area contributed by atoms with E-state index in [0.717, 1.165) is 51.4 Å². The Labute approximate surface area is 187 Å². The van der Waals surface area contributed by atoms with Crippen LogP contribution < -0.4 is 4.74 Å². The lowest BCUT2D eigenvalue weighted by atomic mass is 9.84. The monoisotopic (exact) mass is 425 g/mol. The summed E-state index contributed by atoms with van der Waals surface area (Å²) in [6.07, 6.45) is 11.1. The third kappa shape index (κ3) is 3.34. The molecule has 2 aliphatic carbocycles. The molecule has 0 amide bonds. The summed E-state index contributed by atoms with van der Waals surface area (Å²) in [4.78, 5) is 4.90. The number of aryl methyl sites for hydroxylation is 1. The number of rotatable bonds is 5. The molecule has 2 saturated carbocycles. The summed E-state index contributed by atoms with van der Waals surface area (Å²) in [5.41, 5.74) is 6.46. The highest BCUT2D eigenvalue weighted by atomic mass is 16.5. The highest BCUT2D eigenvalue weighted by Gasteiger charge is 2.44. The Morgan fingerprint density at radius 3 is 2.72 bits per heavy atom. The molecule has 2 bridgehead atoms. The summed E-state index contributed by atoms with van der Waals surface area (Å²) < 4.78 is 7.36. The van der Waals surface area contributed by atoms with Crippen molar-refractivity contribution in [1.29, 1.82) is 0 Å². The fraction of sp³-hybridized carbons (Fsp3) is 0.385. The van der Waals surface area contributed by atoms with Crippen molar-refractivity contribution in [3.63, 3.8) is 0 Å². The van der Waals surface area contributed by atoms with Crippen LogP contribution in [0.1, 0.15) is 37.8 Å². The molecule has 3 heterocycles. The molecule has 162 valence electrons. The van der Waals surface area contributed by atoms with Crippen molar-refractivity contribution < 1.29 is 4.74 Å². The lowest BCUT2D eigenvalue weighted by Gasteiger charge is -2.26. The van der Waals surface area contributed by atoms with Crippen LogP contribution in [0.25, 0.3) is 33.3 Å². The number of pyridine rings is 1. The maximum absolute atomic E-state index is 5.20. The van der Waals surface area contributed by atoms with Crippen molar-refractivity contribution in [1.82, 2.24) is 25.0 Å². The molecule has 2 fully saturated rings. The van der Waals surface area contributed by atoms with Crippen molar-refractivity contribution in [2.45, 2.75) is 45.6 Å². The average Bonchev–Trinajstić information content (AvgIpc) is 3.55. The highest BCUT2D eigenvalue weighted by Crippen LogP contribution is 2.54. The first-order chi connectivity index (χ1) is 15.6. The van der Waals surface area contributed by atoms with Crippen LogP contribution in [0.3, 0.4) is 0 Å². The van der Waals surface area contributed by atoms with Gasteiger partial charge in [0.2, 0.25) is 5.88 Å². The summed E-state index contributed by atoms with van der Waals surface area (Å²) >= 11 is 0. The maximum atomic E-state index is 5.20. The number of nitrogens with zero attached hydrogens (tertiary/aromatic N) is 5. The van der Waals surface area contributed by atoms with E-state index in [1.807, 2.05) is 25.3 Å². The Hall–Kier alpha value is -3.28. The molecule has 1 aromatic carbocycles. The van der Waals surface area contributed by atoms with Crippen LogP contribution in [0.2, 0.25) is 0 Å². The topological polar surface area (TPSA) is 65.7 Å². The fourth-order valence-electron chi connectivity index (χ4n) is 5.74. The van der Waals surface area contributed by atoms with E-state index >= 15 is 0 Å². The van der Waals surface area contributed by atoms with Gasteiger partial charge in [0.05, 0.1) is 24.5 Å². The third-order valence-electron chi connectivity index (χ3n) is 7.41. The zero-order chi connectivity index (χ0) is 21.7. The van der Waals surface area contributed by atoms with Gasteiger partial charge in [-0.25, -0.2) is 0 Å². The molecule has 6 nitrogen and oxygen atoms in total. The second kappa shape index (κ2) is 7.40. The standard InChI is InChI=1S/C26H27N5O/c1-17-3-6-22(21-14-27-31(15-21)16-26-9-7-18(13-26)8-10-26)25(28-17)20-5-4-19-12-24(32-2)30-29-23(19)11-20/h3-6,11-12,14-15,18H,7-10,13,16H2,1-2H3. The summed E-state index contributed by atoms with van der Waals surface area (Å²) in [6, 6.07) is 12.3. The number of ether oxygens (including phenoxy) is 1. The van der Waals surface area contributed by atoms with Gasteiger partial charge in [0.1, 0.15) is 0 Å². The largest absolute Gasteiger partial charge is 0.480 e. The number of aromatic nitrogens is 5. The Kier molecular flexibility index (Phi) is 4.49. The van der Waals surface area contributed by atoms with Gasteiger partial charge in [-0.2, -0.15) is 5.10 Å². The molecule has 4 aromatic rings. The zero-order valence-electron chi connectivity index (χ0n) is 18.6. The summed E-state index contributed by atoms with van der Waals surface area (Å²) in [7, 11) is 1.60. The lowest BCUT2D eigenvalue weighted by molar-refractivity contribution is 0.237. The number of benzene rings is 1. The van der Waals surface area contributed by atoms with Crippen LogP contribution in [0.15, 0.2) is 48.8 Å². The van der Waals surface area contributed by atoms with E-state index < -0.39 is 0 Å². The van der Waals surface area contributed by atoms with E-state index in [1.165, 1.54) is 32.1 Å². The normalized spacial score (nSPS) is 22.0. The second-order valence-corrected chi connectivity index (χ2v) is 9.58. The Balaban J connectivity index is 1.36. The van der Waals surface area contributed by atoms with Crippen molar-refractivity contribution in [3.05, 3.63) is 54.5 Å². The van der Waals surface area contributed by atoms with E-state index in [-0.39, 0.29) is 0 Å². The average molecular weight is 426 g/mol. The molecule has 6 rings (SSSR count). The lowest BCUT2D eigenvalue weighted by Crippen LogP contribution is -2.21. The van der Waals surface area contributed by atoms with Crippen molar-refractivity contribution in [2.24, 2.45) is 11.3 Å². The van der Waals surface area contributed by atoms with Gasteiger partial charge in [-0.15, -0.1) is 10.2 Å². The minimum atomic E-state index is 0.473. The van der Waals surface area contributed by atoms with E-state index in [4.69, 9.17) is 14.8 Å². The Bertz CT molecular complexity index is 1300. The van der Waals surface area contributed by atoms with Crippen LogP contribution in [0.4, 0.5) is 0 Å². The number of fused-ring (bicyclic) bond motifs is 3. The molecule has 0 radical (unpaired) electrons. The molecule has 0 aliphatic heterocycles. The summed E-state index contributed by atoms with van der Waals surface area (Å²) in [5, 5.41) is 14.2. The van der Waals surface area contributed by atoms with Crippen LogP contribution in [0, 0.1) is 18.3 Å².